The molecule has 0 aliphatic carbocycles. The van der Waals surface area contributed by atoms with E-state index in [2.05, 4.69) is 9.62 Å². The van der Waals surface area contributed by atoms with E-state index in [1.165, 1.54) is 12.1 Å². The SMILES string of the molecule is O=C(O)c1ccc(S(=O)(=O)NCCCN2CCOCC2)s1. The number of carboxylic acid groups (broad SMARTS) is 1. The van der Waals surface area contributed by atoms with E-state index < -0.39 is 16.0 Å². The molecule has 7 nitrogen and oxygen atoms in total. The summed E-state index contributed by atoms with van der Waals surface area (Å²) < 4.78 is 31.8. The summed E-state index contributed by atoms with van der Waals surface area (Å²) in [5.74, 6) is -1.12. The Balaban J connectivity index is 1.79. The first-order valence-corrected chi connectivity index (χ1v) is 8.92. The molecule has 0 bridgehead atoms. The van der Waals surface area contributed by atoms with Crippen molar-refractivity contribution in [1.29, 1.82) is 0 Å². The van der Waals surface area contributed by atoms with E-state index in [1.807, 2.05) is 0 Å². The third-order valence-corrected chi connectivity index (χ3v) is 6.13. The standard InChI is InChI=1S/C12H18N2O5S2/c15-12(16)10-2-3-11(20-10)21(17,18)13-4-1-5-14-6-8-19-9-7-14/h2-3,13H,1,4-9H2,(H,15,16). The number of hydrogen-bond acceptors (Lipinski definition) is 6. The largest absolute Gasteiger partial charge is 0.477 e. The predicted octanol–water partition coefficient (Wildman–Crippen LogP) is 0.447. The van der Waals surface area contributed by atoms with Crippen LogP contribution in [0.4, 0.5) is 0 Å². The Labute approximate surface area is 127 Å². The highest BCUT2D eigenvalue weighted by Gasteiger charge is 2.18. The van der Waals surface area contributed by atoms with Gasteiger partial charge in [-0.15, -0.1) is 11.3 Å². The van der Waals surface area contributed by atoms with E-state index in [4.69, 9.17) is 9.84 Å². The summed E-state index contributed by atoms with van der Waals surface area (Å²) in [5, 5.41) is 8.80. The van der Waals surface area contributed by atoms with Crippen LogP contribution in [-0.2, 0) is 14.8 Å². The first-order valence-electron chi connectivity index (χ1n) is 6.62. The van der Waals surface area contributed by atoms with Gasteiger partial charge in [0.25, 0.3) is 0 Å². The fourth-order valence-corrected chi connectivity index (χ4v) is 4.25. The van der Waals surface area contributed by atoms with Crippen molar-refractivity contribution in [2.45, 2.75) is 10.6 Å². The van der Waals surface area contributed by atoms with Gasteiger partial charge in [-0.1, -0.05) is 0 Å². The molecular weight excluding hydrogens is 316 g/mol. The topological polar surface area (TPSA) is 95.9 Å². The maximum absolute atomic E-state index is 12.0. The van der Waals surface area contributed by atoms with Gasteiger partial charge in [-0.2, -0.15) is 0 Å². The summed E-state index contributed by atoms with van der Waals surface area (Å²) in [6.07, 6.45) is 0.705. The van der Waals surface area contributed by atoms with Crippen molar-refractivity contribution in [1.82, 2.24) is 9.62 Å². The van der Waals surface area contributed by atoms with Crippen LogP contribution in [0.1, 0.15) is 16.1 Å². The quantitative estimate of drug-likeness (QED) is 0.703. The minimum Gasteiger partial charge on any atom is -0.477 e. The molecule has 1 aromatic rings. The van der Waals surface area contributed by atoms with Crippen LogP contribution in [0.15, 0.2) is 16.3 Å². The van der Waals surface area contributed by atoms with Gasteiger partial charge in [0.1, 0.15) is 9.09 Å². The highest BCUT2D eigenvalue weighted by molar-refractivity contribution is 7.91. The van der Waals surface area contributed by atoms with Crippen molar-refractivity contribution in [3.05, 3.63) is 17.0 Å². The van der Waals surface area contributed by atoms with Crippen LogP contribution in [-0.4, -0.2) is 63.8 Å². The number of nitrogens with zero attached hydrogens (tertiary/aromatic N) is 1. The Bertz CT molecular complexity index is 578. The van der Waals surface area contributed by atoms with Crippen molar-refractivity contribution in [3.8, 4) is 0 Å². The van der Waals surface area contributed by atoms with Gasteiger partial charge in [0, 0.05) is 19.6 Å². The fourth-order valence-electron chi connectivity index (χ4n) is 1.98. The molecule has 0 atom stereocenters. The summed E-state index contributed by atoms with van der Waals surface area (Å²) in [7, 11) is -3.61. The molecule has 2 rings (SSSR count). The molecular formula is C12H18N2O5S2. The lowest BCUT2D eigenvalue weighted by Gasteiger charge is -2.26. The summed E-state index contributed by atoms with van der Waals surface area (Å²) in [5.41, 5.74) is 0. The lowest BCUT2D eigenvalue weighted by Crippen LogP contribution is -2.38. The molecule has 21 heavy (non-hydrogen) atoms. The van der Waals surface area contributed by atoms with Crippen molar-refractivity contribution in [2.24, 2.45) is 0 Å². The summed E-state index contributed by atoms with van der Waals surface area (Å²) in [6.45, 7) is 4.34. The van der Waals surface area contributed by atoms with Crippen LogP contribution in [0, 0.1) is 0 Å². The first kappa shape index (κ1) is 16.4. The number of nitrogens with one attached hydrogen (secondary N) is 1. The van der Waals surface area contributed by atoms with Gasteiger partial charge in [0.05, 0.1) is 13.2 Å². The lowest BCUT2D eigenvalue weighted by atomic mass is 10.3. The molecule has 0 unspecified atom stereocenters. The maximum atomic E-state index is 12.0. The van der Waals surface area contributed by atoms with Crippen LogP contribution in [0.25, 0.3) is 0 Å². The summed E-state index contributed by atoms with van der Waals surface area (Å²) in [6, 6.07) is 2.62. The van der Waals surface area contributed by atoms with Crippen molar-refractivity contribution in [2.75, 3.05) is 39.4 Å². The molecule has 118 valence electrons. The van der Waals surface area contributed by atoms with Crippen molar-refractivity contribution < 1.29 is 23.1 Å². The smallest absolute Gasteiger partial charge is 0.345 e. The van der Waals surface area contributed by atoms with E-state index in [0.29, 0.717) is 13.0 Å². The van der Waals surface area contributed by atoms with Crippen LogP contribution in [0.3, 0.4) is 0 Å². The van der Waals surface area contributed by atoms with E-state index in [-0.39, 0.29) is 9.09 Å². The predicted molar refractivity (Wildman–Crippen MR) is 78.3 cm³/mol. The highest BCUT2D eigenvalue weighted by Crippen LogP contribution is 2.21. The second kappa shape index (κ2) is 7.32. The van der Waals surface area contributed by atoms with Gasteiger partial charge in [-0.05, 0) is 25.1 Å². The van der Waals surface area contributed by atoms with Crippen LogP contribution in [0.2, 0.25) is 0 Å². The molecule has 9 heteroatoms. The number of carboxylic acids is 1. The van der Waals surface area contributed by atoms with E-state index in [9.17, 15) is 13.2 Å². The Kier molecular flexibility index (Phi) is 5.71. The molecule has 1 aromatic heterocycles. The number of sulfonamides is 1. The minimum absolute atomic E-state index is 0.0173. The van der Waals surface area contributed by atoms with Gasteiger partial charge in [-0.25, -0.2) is 17.9 Å². The first-order chi connectivity index (χ1) is 9.99. The molecule has 0 saturated carbocycles. The number of rotatable bonds is 7. The highest BCUT2D eigenvalue weighted by atomic mass is 32.2. The average molecular weight is 334 g/mol. The Morgan fingerprint density at radius 3 is 2.71 bits per heavy atom. The maximum Gasteiger partial charge on any atom is 0.345 e. The van der Waals surface area contributed by atoms with Crippen LogP contribution >= 0.6 is 11.3 Å². The van der Waals surface area contributed by atoms with Gasteiger partial charge >= 0.3 is 5.97 Å². The van der Waals surface area contributed by atoms with Crippen LogP contribution < -0.4 is 4.72 Å². The molecule has 0 spiro atoms. The van der Waals surface area contributed by atoms with E-state index >= 15 is 0 Å². The Morgan fingerprint density at radius 1 is 1.38 bits per heavy atom. The summed E-state index contributed by atoms with van der Waals surface area (Å²) >= 11 is 0.757. The normalized spacial score (nSPS) is 17.0. The monoisotopic (exact) mass is 334 g/mol. The molecule has 1 aliphatic heterocycles. The van der Waals surface area contributed by atoms with E-state index in [0.717, 1.165) is 44.2 Å². The molecule has 2 N–H and O–H groups in total. The number of morpholine rings is 1. The Morgan fingerprint density at radius 2 is 2.10 bits per heavy atom. The molecule has 1 aliphatic rings. The fraction of sp³-hybridized carbons (Fsp3) is 0.583. The second-order valence-electron chi connectivity index (χ2n) is 4.63. The van der Waals surface area contributed by atoms with Crippen molar-refractivity contribution in [3.63, 3.8) is 0 Å². The Hall–Kier alpha value is -1.00. The summed E-state index contributed by atoms with van der Waals surface area (Å²) in [4.78, 5) is 13.0. The van der Waals surface area contributed by atoms with Gasteiger partial charge in [0.2, 0.25) is 10.0 Å². The minimum atomic E-state index is -3.61. The third kappa shape index (κ3) is 4.75. The molecule has 2 heterocycles. The zero-order valence-electron chi connectivity index (χ0n) is 11.4. The average Bonchev–Trinajstić information content (AvgIpc) is 2.96. The second-order valence-corrected chi connectivity index (χ2v) is 7.71. The zero-order valence-corrected chi connectivity index (χ0v) is 13.1. The van der Waals surface area contributed by atoms with Gasteiger partial charge in [0.15, 0.2) is 0 Å². The molecule has 1 saturated heterocycles. The molecule has 0 radical (unpaired) electrons. The molecule has 0 amide bonds. The van der Waals surface area contributed by atoms with E-state index in [1.54, 1.807) is 0 Å². The van der Waals surface area contributed by atoms with Crippen LogP contribution in [0.5, 0.6) is 0 Å². The number of hydrogen-bond donors (Lipinski definition) is 2. The number of carbonyl (C=O) groups is 1. The number of aromatic carboxylic acids is 1. The molecule has 0 aromatic carbocycles. The number of ether oxygens (including phenoxy) is 1. The third-order valence-electron chi connectivity index (χ3n) is 3.10. The number of thiophene rings is 1. The van der Waals surface area contributed by atoms with Gasteiger partial charge in [-0.3, -0.25) is 4.90 Å². The van der Waals surface area contributed by atoms with Gasteiger partial charge < -0.3 is 9.84 Å². The molecule has 1 fully saturated rings. The van der Waals surface area contributed by atoms with Crippen molar-refractivity contribution >= 4 is 27.3 Å². The zero-order chi connectivity index (χ0) is 15.3. The lowest BCUT2D eigenvalue weighted by molar-refractivity contribution is 0.0376.